The summed E-state index contributed by atoms with van der Waals surface area (Å²) in [5, 5.41) is 8.37. The van der Waals surface area contributed by atoms with Crippen molar-refractivity contribution in [3.8, 4) is 11.4 Å². The number of nitrogens with zero attached hydrogens (tertiary/aromatic N) is 3. The predicted molar refractivity (Wildman–Crippen MR) is 79.7 cm³/mol. The van der Waals surface area contributed by atoms with Gasteiger partial charge in [-0.2, -0.15) is 0 Å². The molecule has 2 aromatic rings. The molecular weight excluding hydrogens is 304 g/mol. The van der Waals surface area contributed by atoms with Crippen molar-refractivity contribution in [1.29, 1.82) is 0 Å². The van der Waals surface area contributed by atoms with E-state index in [4.69, 9.17) is 5.73 Å². The van der Waals surface area contributed by atoms with Gasteiger partial charge in [-0.05, 0) is 31.0 Å². The van der Waals surface area contributed by atoms with Crippen LogP contribution in [0.5, 0.6) is 0 Å². The van der Waals surface area contributed by atoms with E-state index in [0.29, 0.717) is 6.04 Å². The van der Waals surface area contributed by atoms with E-state index < -0.39 is 0 Å². The van der Waals surface area contributed by atoms with Crippen LogP contribution in [0.15, 0.2) is 29.0 Å². The molecule has 0 saturated heterocycles. The van der Waals surface area contributed by atoms with Crippen LogP contribution in [0, 0.1) is 0 Å². The van der Waals surface area contributed by atoms with E-state index in [1.165, 1.54) is 32.1 Å². The monoisotopic (exact) mass is 320 g/mol. The zero-order valence-electron chi connectivity index (χ0n) is 10.7. The van der Waals surface area contributed by atoms with E-state index in [1.54, 1.807) is 0 Å². The van der Waals surface area contributed by atoms with Crippen molar-refractivity contribution in [3.63, 3.8) is 0 Å². The van der Waals surface area contributed by atoms with Crippen molar-refractivity contribution in [2.45, 2.75) is 38.1 Å². The number of nitrogen functional groups attached to an aromatic ring is 1. The van der Waals surface area contributed by atoms with Crippen LogP contribution in [0.25, 0.3) is 11.4 Å². The van der Waals surface area contributed by atoms with Crippen LogP contribution in [-0.4, -0.2) is 14.8 Å². The Labute approximate surface area is 121 Å². The zero-order chi connectivity index (χ0) is 13.2. The van der Waals surface area contributed by atoms with Gasteiger partial charge in [-0.25, -0.2) is 0 Å². The quantitative estimate of drug-likeness (QED) is 0.856. The third kappa shape index (κ3) is 2.66. The molecule has 19 heavy (non-hydrogen) atoms. The molecule has 2 N–H and O–H groups in total. The first-order chi connectivity index (χ1) is 9.24. The molecule has 1 aromatic carbocycles. The SMILES string of the molecule is Nc1cc(Br)cc(-c2nncn2C2CCCCC2)c1. The number of anilines is 1. The molecule has 1 aliphatic rings. The molecule has 0 atom stereocenters. The fraction of sp³-hybridized carbons (Fsp3) is 0.429. The second-order valence-corrected chi connectivity index (χ2v) is 6.04. The minimum atomic E-state index is 0.527. The van der Waals surface area contributed by atoms with Crippen LogP contribution >= 0.6 is 15.9 Å². The number of hydrogen-bond donors (Lipinski definition) is 1. The first kappa shape index (κ1) is 12.7. The Morgan fingerprint density at radius 2 is 1.95 bits per heavy atom. The maximum atomic E-state index is 5.91. The second kappa shape index (κ2) is 5.33. The molecule has 100 valence electrons. The van der Waals surface area contributed by atoms with Gasteiger partial charge in [0.25, 0.3) is 0 Å². The minimum absolute atomic E-state index is 0.527. The number of hydrogen-bond acceptors (Lipinski definition) is 3. The van der Waals surface area contributed by atoms with Gasteiger partial charge in [0.05, 0.1) is 0 Å². The molecular formula is C14H17BrN4. The molecule has 1 aliphatic carbocycles. The Morgan fingerprint density at radius 1 is 1.16 bits per heavy atom. The third-order valence-corrected chi connectivity index (χ3v) is 4.18. The van der Waals surface area contributed by atoms with Gasteiger partial charge >= 0.3 is 0 Å². The number of rotatable bonds is 2. The lowest BCUT2D eigenvalue weighted by Gasteiger charge is -2.24. The van der Waals surface area contributed by atoms with Gasteiger partial charge in [0.1, 0.15) is 6.33 Å². The molecule has 0 amide bonds. The van der Waals surface area contributed by atoms with Gasteiger partial charge < -0.3 is 10.3 Å². The molecule has 0 radical (unpaired) electrons. The summed E-state index contributed by atoms with van der Waals surface area (Å²) in [5.74, 6) is 0.917. The van der Waals surface area contributed by atoms with E-state index in [2.05, 4.69) is 30.7 Å². The fourth-order valence-corrected chi connectivity index (χ4v) is 3.33. The van der Waals surface area contributed by atoms with Crippen LogP contribution in [0.1, 0.15) is 38.1 Å². The average molecular weight is 321 g/mol. The summed E-state index contributed by atoms with van der Waals surface area (Å²) in [6.45, 7) is 0. The highest BCUT2D eigenvalue weighted by molar-refractivity contribution is 9.10. The van der Waals surface area contributed by atoms with E-state index >= 15 is 0 Å². The number of benzene rings is 1. The molecule has 0 spiro atoms. The second-order valence-electron chi connectivity index (χ2n) is 5.13. The summed E-state index contributed by atoms with van der Waals surface area (Å²) >= 11 is 3.48. The maximum Gasteiger partial charge on any atom is 0.164 e. The summed E-state index contributed by atoms with van der Waals surface area (Å²) in [7, 11) is 0. The van der Waals surface area contributed by atoms with Crippen molar-refractivity contribution < 1.29 is 0 Å². The van der Waals surface area contributed by atoms with Crippen LogP contribution in [0.2, 0.25) is 0 Å². The Hall–Kier alpha value is -1.36. The number of halogens is 1. The number of nitrogens with two attached hydrogens (primary N) is 1. The lowest BCUT2D eigenvalue weighted by atomic mass is 9.95. The Morgan fingerprint density at radius 3 is 2.68 bits per heavy atom. The van der Waals surface area contributed by atoms with E-state index in [0.717, 1.165) is 21.5 Å². The molecule has 0 unspecified atom stereocenters. The minimum Gasteiger partial charge on any atom is -0.399 e. The van der Waals surface area contributed by atoms with E-state index in [9.17, 15) is 0 Å². The van der Waals surface area contributed by atoms with Crippen LogP contribution in [0.4, 0.5) is 5.69 Å². The summed E-state index contributed by atoms with van der Waals surface area (Å²) in [6.07, 6.45) is 8.22. The van der Waals surface area contributed by atoms with Crippen molar-refractivity contribution in [2.75, 3.05) is 5.73 Å². The summed E-state index contributed by atoms with van der Waals surface area (Å²) < 4.78 is 3.18. The maximum absolute atomic E-state index is 5.91. The standard InChI is InChI=1S/C14H17BrN4/c15-11-6-10(7-12(16)8-11)14-18-17-9-19(14)13-4-2-1-3-5-13/h6-9,13H,1-5,16H2. The molecule has 4 nitrogen and oxygen atoms in total. The Balaban J connectivity index is 1.98. The molecule has 1 heterocycles. The number of aromatic nitrogens is 3. The van der Waals surface area contributed by atoms with E-state index in [-0.39, 0.29) is 0 Å². The molecule has 1 fully saturated rings. The molecule has 5 heteroatoms. The fourth-order valence-electron chi connectivity index (χ4n) is 2.82. The highest BCUT2D eigenvalue weighted by atomic mass is 79.9. The van der Waals surface area contributed by atoms with Gasteiger partial charge in [-0.15, -0.1) is 10.2 Å². The van der Waals surface area contributed by atoms with Crippen molar-refractivity contribution in [1.82, 2.24) is 14.8 Å². The van der Waals surface area contributed by atoms with Gasteiger partial charge in [0, 0.05) is 21.8 Å². The Bertz CT molecular complexity index is 552. The Kier molecular flexibility index (Phi) is 3.55. The molecule has 1 saturated carbocycles. The topological polar surface area (TPSA) is 56.7 Å². The summed E-state index contributed by atoms with van der Waals surface area (Å²) in [4.78, 5) is 0. The first-order valence-corrected chi connectivity index (χ1v) is 7.49. The normalized spacial score (nSPS) is 16.7. The van der Waals surface area contributed by atoms with E-state index in [1.807, 2.05) is 24.5 Å². The van der Waals surface area contributed by atoms with Crippen LogP contribution < -0.4 is 5.73 Å². The lowest BCUT2D eigenvalue weighted by Crippen LogP contribution is -2.13. The van der Waals surface area contributed by atoms with Crippen molar-refractivity contribution in [2.24, 2.45) is 0 Å². The summed E-state index contributed by atoms with van der Waals surface area (Å²) in [5.41, 5.74) is 7.67. The first-order valence-electron chi connectivity index (χ1n) is 6.70. The van der Waals surface area contributed by atoms with Crippen LogP contribution in [-0.2, 0) is 0 Å². The van der Waals surface area contributed by atoms with Crippen LogP contribution in [0.3, 0.4) is 0 Å². The predicted octanol–water partition coefficient (Wildman–Crippen LogP) is 3.80. The van der Waals surface area contributed by atoms with Crippen molar-refractivity contribution >= 4 is 21.6 Å². The third-order valence-electron chi connectivity index (χ3n) is 3.72. The zero-order valence-corrected chi connectivity index (χ0v) is 12.3. The van der Waals surface area contributed by atoms with Gasteiger partial charge in [-0.1, -0.05) is 35.2 Å². The largest absolute Gasteiger partial charge is 0.399 e. The highest BCUT2D eigenvalue weighted by Crippen LogP contribution is 2.32. The molecule has 3 rings (SSSR count). The summed E-state index contributed by atoms with van der Waals surface area (Å²) in [6, 6.07) is 6.41. The van der Waals surface area contributed by atoms with Gasteiger partial charge in [0.2, 0.25) is 0 Å². The molecule has 1 aromatic heterocycles. The molecule has 0 bridgehead atoms. The molecule has 0 aliphatic heterocycles. The smallest absolute Gasteiger partial charge is 0.164 e. The highest BCUT2D eigenvalue weighted by Gasteiger charge is 2.19. The average Bonchev–Trinajstić information content (AvgIpc) is 2.88. The van der Waals surface area contributed by atoms with Gasteiger partial charge in [-0.3, -0.25) is 0 Å². The lowest BCUT2D eigenvalue weighted by molar-refractivity contribution is 0.355. The van der Waals surface area contributed by atoms with Crippen molar-refractivity contribution in [3.05, 3.63) is 29.0 Å². The van der Waals surface area contributed by atoms with Gasteiger partial charge in [0.15, 0.2) is 5.82 Å².